The molecule has 1 saturated heterocycles. The fourth-order valence-corrected chi connectivity index (χ4v) is 1.76. The smallest absolute Gasteiger partial charge is 0.267 e. The van der Waals surface area contributed by atoms with Crippen LogP contribution in [0.3, 0.4) is 0 Å². The monoisotopic (exact) mass is 260 g/mol. The predicted octanol–water partition coefficient (Wildman–Crippen LogP) is 0.871. The van der Waals surface area contributed by atoms with E-state index in [1.165, 1.54) is 6.08 Å². The predicted molar refractivity (Wildman–Crippen MR) is 71.0 cm³/mol. The molecule has 0 saturated carbocycles. The van der Waals surface area contributed by atoms with Crippen LogP contribution in [-0.2, 0) is 4.79 Å². The lowest BCUT2D eigenvalue weighted by molar-refractivity contribution is -0.118. The maximum absolute atomic E-state index is 12.0. The number of carbonyl (C=O) groups is 2. The van der Waals surface area contributed by atoms with E-state index < -0.39 is 0 Å². The number of nitrogens with one attached hydrogen (secondary N) is 2. The van der Waals surface area contributed by atoms with E-state index in [0.29, 0.717) is 31.0 Å². The topological polar surface area (TPSA) is 67.4 Å². The molecule has 5 heteroatoms. The summed E-state index contributed by atoms with van der Waals surface area (Å²) in [5.41, 5.74) is 0.835. The molecule has 2 rings (SSSR count). The van der Waals surface area contributed by atoms with Gasteiger partial charge in [-0.1, -0.05) is 0 Å². The fourth-order valence-electron chi connectivity index (χ4n) is 1.76. The summed E-state index contributed by atoms with van der Waals surface area (Å²) in [7, 11) is 0. The second-order valence-corrected chi connectivity index (χ2v) is 4.06. The third-order valence-electron chi connectivity index (χ3n) is 2.70. The average Bonchev–Trinajstić information content (AvgIpc) is 2.42. The van der Waals surface area contributed by atoms with Crippen molar-refractivity contribution < 1.29 is 14.3 Å². The minimum absolute atomic E-state index is 0.206. The van der Waals surface area contributed by atoms with Gasteiger partial charge in [0.1, 0.15) is 11.4 Å². The van der Waals surface area contributed by atoms with Gasteiger partial charge in [-0.2, -0.15) is 0 Å². The van der Waals surface area contributed by atoms with Crippen molar-refractivity contribution in [1.82, 2.24) is 10.6 Å². The molecule has 0 atom stereocenters. The summed E-state index contributed by atoms with van der Waals surface area (Å²) in [5, 5.41) is 5.58. The average molecular weight is 260 g/mol. The van der Waals surface area contributed by atoms with E-state index in [2.05, 4.69) is 10.6 Å². The van der Waals surface area contributed by atoms with Crippen LogP contribution in [0.1, 0.15) is 17.3 Å². The Bertz CT molecular complexity index is 506. The maximum Gasteiger partial charge on any atom is 0.267 e. The van der Waals surface area contributed by atoms with Crippen molar-refractivity contribution in [3.05, 3.63) is 41.6 Å². The number of ketones is 1. The molecule has 0 unspecified atom stereocenters. The molecule has 0 aliphatic carbocycles. The van der Waals surface area contributed by atoms with E-state index in [1.54, 1.807) is 24.3 Å². The Morgan fingerprint density at radius 3 is 2.58 bits per heavy atom. The van der Waals surface area contributed by atoms with Crippen molar-refractivity contribution in [3.63, 3.8) is 0 Å². The third kappa shape index (κ3) is 3.34. The Hall–Kier alpha value is -2.30. The van der Waals surface area contributed by atoms with Crippen LogP contribution < -0.4 is 15.4 Å². The van der Waals surface area contributed by atoms with Crippen LogP contribution in [0, 0.1) is 0 Å². The summed E-state index contributed by atoms with van der Waals surface area (Å²) in [6.07, 6.45) is 1.32. The summed E-state index contributed by atoms with van der Waals surface area (Å²) in [5.74, 6) is 0.272. The lowest BCUT2D eigenvalue weighted by Crippen LogP contribution is -2.43. The quantitative estimate of drug-likeness (QED) is 0.622. The number of allylic oxidation sites excluding steroid dienone is 1. The largest absolute Gasteiger partial charge is 0.494 e. The Morgan fingerprint density at radius 2 is 1.95 bits per heavy atom. The molecule has 1 aromatic rings. The minimum Gasteiger partial charge on any atom is -0.494 e. The SMILES string of the molecule is CCOc1ccc(C(=O)C=C2NCCNC2=O)cc1. The highest BCUT2D eigenvalue weighted by molar-refractivity contribution is 6.09. The Morgan fingerprint density at radius 1 is 1.26 bits per heavy atom. The van der Waals surface area contributed by atoms with Crippen molar-refractivity contribution in [1.29, 1.82) is 0 Å². The van der Waals surface area contributed by atoms with Crippen LogP contribution in [0.4, 0.5) is 0 Å². The number of hydrogen-bond acceptors (Lipinski definition) is 4. The van der Waals surface area contributed by atoms with Gasteiger partial charge in [-0.05, 0) is 31.2 Å². The minimum atomic E-state index is -0.245. The molecule has 5 nitrogen and oxygen atoms in total. The number of piperazine rings is 1. The summed E-state index contributed by atoms with van der Waals surface area (Å²) in [6, 6.07) is 6.85. The molecule has 19 heavy (non-hydrogen) atoms. The molecule has 0 aromatic heterocycles. The molecule has 2 N–H and O–H groups in total. The molecular weight excluding hydrogens is 244 g/mol. The number of amides is 1. The lowest BCUT2D eigenvalue weighted by Gasteiger charge is -2.16. The van der Waals surface area contributed by atoms with Gasteiger partial charge in [0.05, 0.1) is 6.61 Å². The summed E-state index contributed by atoms with van der Waals surface area (Å²) >= 11 is 0. The standard InChI is InChI=1S/C14H16N2O3/c1-2-19-11-5-3-10(4-6-11)13(17)9-12-14(18)16-8-7-15-12/h3-6,9,15H,2,7-8H2,1H3,(H,16,18). The zero-order valence-electron chi connectivity index (χ0n) is 10.7. The fraction of sp³-hybridized carbons (Fsp3) is 0.286. The third-order valence-corrected chi connectivity index (χ3v) is 2.70. The second kappa shape index (κ2) is 6.04. The summed E-state index contributed by atoms with van der Waals surface area (Å²) in [6.45, 7) is 3.69. The number of hydrogen-bond donors (Lipinski definition) is 2. The van der Waals surface area contributed by atoms with Gasteiger partial charge in [-0.3, -0.25) is 9.59 Å². The van der Waals surface area contributed by atoms with Crippen LogP contribution in [0.5, 0.6) is 5.75 Å². The zero-order valence-corrected chi connectivity index (χ0v) is 10.7. The van der Waals surface area contributed by atoms with E-state index in [-0.39, 0.29) is 11.7 Å². The molecular formula is C14H16N2O3. The molecule has 1 aliphatic rings. The van der Waals surface area contributed by atoms with Crippen molar-refractivity contribution >= 4 is 11.7 Å². The first kappa shape index (κ1) is 13.1. The molecule has 1 heterocycles. The molecule has 1 fully saturated rings. The Kier molecular flexibility index (Phi) is 4.18. The van der Waals surface area contributed by atoms with Crippen molar-refractivity contribution in [2.75, 3.05) is 19.7 Å². The van der Waals surface area contributed by atoms with Gasteiger partial charge < -0.3 is 15.4 Å². The molecule has 1 aromatic carbocycles. The summed E-state index contributed by atoms with van der Waals surface area (Å²) < 4.78 is 5.30. The number of benzene rings is 1. The molecule has 1 amide bonds. The van der Waals surface area contributed by atoms with E-state index in [4.69, 9.17) is 4.74 Å². The zero-order chi connectivity index (χ0) is 13.7. The highest BCUT2D eigenvalue weighted by Gasteiger charge is 2.15. The first-order valence-electron chi connectivity index (χ1n) is 6.21. The van der Waals surface area contributed by atoms with Crippen LogP contribution in [0.25, 0.3) is 0 Å². The van der Waals surface area contributed by atoms with Crippen LogP contribution in [0.2, 0.25) is 0 Å². The Balaban J connectivity index is 2.10. The number of carbonyl (C=O) groups excluding carboxylic acids is 2. The lowest BCUT2D eigenvalue weighted by atomic mass is 10.1. The maximum atomic E-state index is 12.0. The van der Waals surface area contributed by atoms with Crippen LogP contribution in [-0.4, -0.2) is 31.4 Å². The highest BCUT2D eigenvalue weighted by Crippen LogP contribution is 2.13. The number of rotatable bonds is 4. The first-order chi connectivity index (χ1) is 9.20. The van der Waals surface area contributed by atoms with Gasteiger partial charge in [0.25, 0.3) is 5.91 Å². The number of ether oxygens (including phenoxy) is 1. The van der Waals surface area contributed by atoms with Gasteiger partial charge >= 0.3 is 0 Å². The molecule has 1 aliphatic heterocycles. The molecule has 100 valence electrons. The van der Waals surface area contributed by atoms with E-state index in [0.717, 1.165) is 5.75 Å². The van der Waals surface area contributed by atoms with Crippen molar-refractivity contribution in [2.24, 2.45) is 0 Å². The van der Waals surface area contributed by atoms with Crippen LogP contribution >= 0.6 is 0 Å². The van der Waals surface area contributed by atoms with Gasteiger partial charge in [-0.25, -0.2) is 0 Å². The first-order valence-corrected chi connectivity index (χ1v) is 6.21. The highest BCUT2D eigenvalue weighted by atomic mass is 16.5. The molecule has 0 bridgehead atoms. The van der Waals surface area contributed by atoms with Gasteiger partial charge in [0.15, 0.2) is 5.78 Å². The van der Waals surface area contributed by atoms with Gasteiger partial charge in [0.2, 0.25) is 0 Å². The Labute approximate surface area is 111 Å². The molecule has 0 spiro atoms. The van der Waals surface area contributed by atoms with Crippen molar-refractivity contribution in [3.8, 4) is 5.75 Å². The summed E-state index contributed by atoms with van der Waals surface area (Å²) in [4.78, 5) is 23.5. The van der Waals surface area contributed by atoms with Gasteiger partial charge in [-0.15, -0.1) is 0 Å². The van der Waals surface area contributed by atoms with Crippen LogP contribution in [0.15, 0.2) is 36.0 Å². The normalized spacial score (nSPS) is 16.7. The van der Waals surface area contributed by atoms with Crippen molar-refractivity contribution in [2.45, 2.75) is 6.92 Å². The van der Waals surface area contributed by atoms with E-state index in [1.807, 2.05) is 6.92 Å². The van der Waals surface area contributed by atoms with Gasteiger partial charge in [0, 0.05) is 24.7 Å². The van der Waals surface area contributed by atoms with E-state index in [9.17, 15) is 9.59 Å². The molecule has 0 radical (unpaired) electrons. The van der Waals surface area contributed by atoms with E-state index >= 15 is 0 Å². The second-order valence-electron chi connectivity index (χ2n) is 4.06.